The van der Waals surface area contributed by atoms with Gasteiger partial charge in [-0.2, -0.15) is 4.98 Å². The zero-order chi connectivity index (χ0) is 17.9. The fraction of sp³-hybridized carbons (Fsp3) is 0.100. The van der Waals surface area contributed by atoms with Crippen LogP contribution in [0.5, 0.6) is 5.75 Å². The number of benzene rings is 2. The zero-order valence-corrected chi connectivity index (χ0v) is 14.4. The van der Waals surface area contributed by atoms with E-state index < -0.39 is 0 Å². The fourth-order valence-electron chi connectivity index (χ4n) is 2.89. The predicted octanol–water partition coefficient (Wildman–Crippen LogP) is 3.83. The number of nitrogens with one attached hydrogen (secondary N) is 2. The Labute approximate surface area is 151 Å². The number of H-pyrrole nitrogens is 1. The minimum atomic E-state index is 0.230. The molecule has 4 rings (SSSR count). The molecule has 0 atom stereocenters. The van der Waals surface area contributed by atoms with Gasteiger partial charge in [0, 0.05) is 29.9 Å². The number of nitrogens with zero attached hydrogens (tertiary/aromatic N) is 2. The van der Waals surface area contributed by atoms with E-state index >= 15 is 0 Å². The third-order valence-corrected chi connectivity index (χ3v) is 4.20. The molecule has 0 aliphatic carbocycles. The van der Waals surface area contributed by atoms with Gasteiger partial charge in [-0.3, -0.25) is 0 Å². The third kappa shape index (κ3) is 3.30. The summed E-state index contributed by atoms with van der Waals surface area (Å²) in [5.74, 6) is 1.69. The molecule has 2 heterocycles. The summed E-state index contributed by atoms with van der Waals surface area (Å²) in [6.45, 7) is 0.648. The Morgan fingerprint density at radius 3 is 2.88 bits per heavy atom. The summed E-state index contributed by atoms with van der Waals surface area (Å²) in [6, 6.07) is 18.0. The standard InChI is InChI=1S/C20H19N5O/c1-26-16-4-2-3-14(10-16)18-11-19(25-20(21)24-18)23-12-13-5-6-17-15(9-13)7-8-22-17/h2-11,22H,12H2,1H3,(H3,21,23,24,25). The lowest BCUT2D eigenvalue weighted by Gasteiger charge is -2.10. The number of hydrogen-bond acceptors (Lipinski definition) is 5. The van der Waals surface area contributed by atoms with Crippen molar-refractivity contribution >= 4 is 22.7 Å². The first kappa shape index (κ1) is 16.0. The molecule has 0 saturated carbocycles. The lowest BCUT2D eigenvalue weighted by molar-refractivity contribution is 0.415. The first-order valence-electron chi connectivity index (χ1n) is 8.30. The molecule has 0 saturated heterocycles. The van der Waals surface area contributed by atoms with Crippen LogP contribution in [0, 0.1) is 0 Å². The van der Waals surface area contributed by atoms with E-state index in [1.165, 1.54) is 5.39 Å². The Bertz CT molecular complexity index is 1060. The number of nitrogens with two attached hydrogens (primary N) is 1. The molecule has 2 aromatic carbocycles. The molecule has 0 fully saturated rings. The number of rotatable bonds is 5. The van der Waals surface area contributed by atoms with Crippen molar-refractivity contribution in [3.63, 3.8) is 0 Å². The fourth-order valence-corrected chi connectivity index (χ4v) is 2.89. The minimum absolute atomic E-state index is 0.230. The average molecular weight is 345 g/mol. The number of nitrogen functional groups attached to an aromatic ring is 1. The smallest absolute Gasteiger partial charge is 0.222 e. The van der Waals surface area contributed by atoms with Gasteiger partial charge in [0.15, 0.2) is 0 Å². The van der Waals surface area contributed by atoms with Crippen molar-refractivity contribution in [2.24, 2.45) is 0 Å². The monoisotopic (exact) mass is 345 g/mol. The predicted molar refractivity (Wildman–Crippen MR) is 104 cm³/mol. The van der Waals surface area contributed by atoms with Crippen LogP contribution in [0.25, 0.3) is 22.2 Å². The van der Waals surface area contributed by atoms with E-state index in [2.05, 4.69) is 44.5 Å². The van der Waals surface area contributed by atoms with Crippen molar-refractivity contribution in [3.05, 3.63) is 66.4 Å². The molecule has 0 radical (unpaired) electrons. The van der Waals surface area contributed by atoms with E-state index in [1.807, 2.05) is 36.5 Å². The molecule has 0 spiro atoms. The summed E-state index contributed by atoms with van der Waals surface area (Å²) >= 11 is 0. The average Bonchev–Trinajstić information content (AvgIpc) is 3.14. The number of anilines is 2. The van der Waals surface area contributed by atoms with Crippen molar-refractivity contribution in [1.82, 2.24) is 15.0 Å². The van der Waals surface area contributed by atoms with E-state index in [4.69, 9.17) is 10.5 Å². The van der Waals surface area contributed by atoms with Crippen molar-refractivity contribution in [3.8, 4) is 17.0 Å². The first-order chi connectivity index (χ1) is 12.7. The normalized spacial score (nSPS) is 10.8. The Morgan fingerprint density at radius 1 is 1.08 bits per heavy atom. The summed E-state index contributed by atoms with van der Waals surface area (Å²) in [5, 5.41) is 4.51. The van der Waals surface area contributed by atoms with Crippen LogP contribution in [0.4, 0.5) is 11.8 Å². The summed E-state index contributed by atoms with van der Waals surface area (Å²) < 4.78 is 5.28. The van der Waals surface area contributed by atoms with Crippen LogP contribution in [-0.4, -0.2) is 22.1 Å². The maximum atomic E-state index is 5.90. The van der Waals surface area contributed by atoms with Crippen LogP contribution < -0.4 is 15.8 Å². The molecule has 0 aliphatic heterocycles. The highest BCUT2D eigenvalue weighted by atomic mass is 16.5. The second kappa shape index (κ2) is 6.76. The SMILES string of the molecule is COc1cccc(-c2cc(NCc3ccc4[nH]ccc4c3)nc(N)n2)c1. The van der Waals surface area contributed by atoms with Crippen molar-refractivity contribution in [1.29, 1.82) is 0 Å². The minimum Gasteiger partial charge on any atom is -0.497 e. The summed E-state index contributed by atoms with van der Waals surface area (Å²) in [7, 11) is 1.64. The molecule has 4 aromatic rings. The van der Waals surface area contributed by atoms with E-state index in [-0.39, 0.29) is 5.95 Å². The molecule has 0 bridgehead atoms. The summed E-state index contributed by atoms with van der Waals surface area (Å²) in [6.07, 6.45) is 1.94. The van der Waals surface area contributed by atoms with Crippen LogP contribution in [0.15, 0.2) is 60.8 Å². The Morgan fingerprint density at radius 2 is 2.00 bits per heavy atom. The van der Waals surface area contributed by atoms with E-state index in [1.54, 1.807) is 7.11 Å². The van der Waals surface area contributed by atoms with E-state index in [0.717, 1.165) is 28.1 Å². The second-order valence-corrected chi connectivity index (χ2v) is 5.98. The molecule has 130 valence electrons. The third-order valence-electron chi connectivity index (χ3n) is 4.20. The van der Waals surface area contributed by atoms with Crippen LogP contribution in [0.2, 0.25) is 0 Å². The van der Waals surface area contributed by atoms with Gasteiger partial charge in [0.2, 0.25) is 5.95 Å². The number of hydrogen-bond donors (Lipinski definition) is 3. The topological polar surface area (TPSA) is 88.8 Å². The number of fused-ring (bicyclic) bond motifs is 1. The summed E-state index contributed by atoms with van der Waals surface area (Å²) in [4.78, 5) is 11.8. The molecular formula is C20H19N5O. The van der Waals surface area contributed by atoms with Gasteiger partial charge >= 0.3 is 0 Å². The largest absolute Gasteiger partial charge is 0.497 e. The molecule has 6 heteroatoms. The maximum absolute atomic E-state index is 5.90. The molecule has 0 unspecified atom stereocenters. The number of aromatic amines is 1. The van der Waals surface area contributed by atoms with Gasteiger partial charge in [-0.25, -0.2) is 4.98 Å². The van der Waals surface area contributed by atoms with Gasteiger partial charge in [-0.05, 0) is 41.3 Å². The number of methoxy groups -OCH3 is 1. The van der Waals surface area contributed by atoms with Gasteiger partial charge in [0.05, 0.1) is 12.8 Å². The van der Waals surface area contributed by atoms with Crippen LogP contribution in [0.3, 0.4) is 0 Å². The molecule has 2 aromatic heterocycles. The molecule has 26 heavy (non-hydrogen) atoms. The highest BCUT2D eigenvalue weighted by molar-refractivity contribution is 5.80. The van der Waals surface area contributed by atoms with E-state index in [0.29, 0.717) is 12.4 Å². The van der Waals surface area contributed by atoms with E-state index in [9.17, 15) is 0 Å². The number of aromatic nitrogens is 3. The van der Waals surface area contributed by atoms with Crippen molar-refractivity contribution in [2.75, 3.05) is 18.2 Å². The second-order valence-electron chi connectivity index (χ2n) is 5.98. The van der Waals surface area contributed by atoms with Crippen LogP contribution in [0.1, 0.15) is 5.56 Å². The molecule has 0 aliphatic rings. The van der Waals surface area contributed by atoms with Gasteiger partial charge in [0.1, 0.15) is 11.6 Å². The van der Waals surface area contributed by atoms with Gasteiger partial charge in [-0.1, -0.05) is 18.2 Å². The highest BCUT2D eigenvalue weighted by Gasteiger charge is 2.07. The molecule has 6 nitrogen and oxygen atoms in total. The Kier molecular flexibility index (Phi) is 4.15. The first-order valence-corrected chi connectivity index (χ1v) is 8.30. The Hall–Kier alpha value is -3.54. The molecular weight excluding hydrogens is 326 g/mol. The lowest BCUT2D eigenvalue weighted by atomic mass is 10.1. The molecule has 0 amide bonds. The van der Waals surface area contributed by atoms with Crippen LogP contribution >= 0.6 is 0 Å². The summed E-state index contributed by atoms with van der Waals surface area (Å²) in [5.41, 5.74) is 9.86. The zero-order valence-electron chi connectivity index (χ0n) is 14.4. The van der Waals surface area contributed by atoms with Gasteiger partial charge in [-0.15, -0.1) is 0 Å². The lowest BCUT2D eigenvalue weighted by Crippen LogP contribution is -2.05. The van der Waals surface area contributed by atoms with Gasteiger partial charge < -0.3 is 20.8 Å². The van der Waals surface area contributed by atoms with Gasteiger partial charge in [0.25, 0.3) is 0 Å². The van der Waals surface area contributed by atoms with Crippen LogP contribution in [-0.2, 0) is 6.54 Å². The Balaban J connectivity index is 1.57. The molecule has 4 N–H and O–H groups in total. The number of ether oxygens (including phenoxy) is 1. The quantitative estimate of drug-likeness (QED) is 0.511. The van der Waals surface area contributed by atoms with Crippen molar-refractivity contribution < 1.29 is 4.74 Å². The maximum Gasteiger partial charge on any atom is 0.222 e. The highest BCUT2D eigenvalue weighted by Crippen LogP contribution is 2.25. The van der Waals surface area contributed by atoms with Crippen molar-refractivity contribution in [2.45, 2.75) is 6.54 Å².